The average Bonchev–Trinajstić information content (AvgIpc) is 3.31. The third kappa shape index (κ3) is 3.32. The van der Waals surface area contributed by atoms with Crippen molar-refractivity contribution in [3.05, 3.63) is 59.0 Å². The largest absolute Gasteiger partial charge is 0.355 e. The van der Waals surface area contributed by atoms with Gasteiger partial charge >= 0.3 is 0 Å². The third-order valence-corrected chi connectivity index (χ3v) is 5.51. The Kier molecular flexibility index (Phi) is 4.67. The van der Waals surface area contributed by atoms with Crippen LogP contribution in [0, 0.1) is 5.92 Å². The molecule has 1 aromatic heterocycles. The van der Waals surface area contributed by atoms with Crippen LogP contribution in [0.4, 0.5) is 5.69 Å². The zero-order chi connectivity index (χ0) is 17.9. The summed E-state index contributed by atoms with van der Waals surface area (Å²) in [5.41, 5.74) is 0.881. The van der Waals surface area contributed by atoms with Gasteiger partial charge in [-0.05, 0) is 11.5 Å². The van der Waals surface area contributed by atoms with Crippen molar-refractivity contribution in [1.82, 2.24) is 10.3 Å². The Hall–Kier alpha value is -2.73. The highest BCUT2D eigenvalue weighted by Crippen LogP contribution is 2.31. The number of hydrogen-bond donors (Lipinski definition) is 1. The second-order valence-electron chi connectivity index (χ2n) is 6.37. The van der Waals surface area contributed by atoms with E-state index in [9.17, 15) is 9.59 Å². The number of aromatic nitrogens is 1. The molecule has 0 radical (unpaired) electrons. The lowest BCUT2D eigenvalue weighted by atomic mass is 10.1. The van der Waals surface area contributed by atoms with Crippen molar-refractivity contribution in [2.24, 2.45) is 5.92 Å². The lowest BCUT2D eigenvalue weighted by Gasteiger charge is -2.19. The van der Waals surface area contributed by atoms with Crippen LogP contribution in [0.2, 0.25) is 0 Å². The van der Waals surface area contributed by atoms with Crippen molar-refractivity contribution < 1.29 is 9.59 Å². The van der Waals surface area contributed by atoms with Gasteiger partial charge in [0.2, 0.25) is 11.8 Å². The number of fused-ring (bicyclic) bond motifs is 1. The number of thiazole rings is 1. The van der Waals surface area contributed by atoms with Crippen molar-refractivity contribution in [3.63, 3.8) is 0 Å². The van der Waals surface area contributed by atoms with Crippen LogP contribution in [-0.2, 0) is 16.0 Å². The molecule has 6 heteroatoms. The number of hydrogen-bond acceptors (Lipinski definition) is 4. The van der Waals surface area contributed by atoms with Gasteiger partial charge in [0.05, 0.1) is 16.6 Å². The van der Waals surface area contributed by atoms with Crippen LogP contribution in [0.15, 0.2) is 54.0 Å². The number of benzene rings is 2. The number of anilines is 1. The number of amides is 2. The summed E-state index contributed by atoms with van der Waals surface area (Å²) in [5, 5.41) is 8.00. The van der Waals surface area contributed by atoms with E-state index in [2.05, 4.69) is 10.3 Å². The average molecular weight is 365 g/mol. The smallest absolute Gasteiger partial charge is 0.227 e. The van der Waals surface area contributed by atoms with E-state index in [0.717, 1.165) is 27.9 Å². The molecule has 3 aromatic rings. The van der Waals surface area contributed by atoms with E-state index in [0.29, 0.717) is 13.1 Å². The molecule has 26 heavy (non-hydrogen) atoms. The molecule has 1 N–H and O–H groups in total. The van der Waals surface area contributed by atoms with Crippen molar-refractivity contribution in [2.45, 2.75) is 12.8 Å². The standard InChI is InChI=1S/C20H19N3O2S/c24-19-12-15(20(25)22-9-8-18-21-10-11-26-18)13-23(19)17-7-3-5-14-4-1-2-6-16(14)17/h1-7,10-11,15H,8-9,12-13H2,(H,22,25). The quantitative estimate of drug-likeness (QED) is 0.756. The maximum absolute atomic E-state index is 12.5. The fourth-order valence-electron chi connectivity index (χ4n) is 3.37. The molecule has 0 saturated carbocycles. The SMILES string of the molecule is O=C(NCCc1nccs1)C1CC(=O)N(c2cccc3ccccc23)C1. The van der Waals surface area contributed by atoms with Crippen LogP contribution >= 0.6 is 11.3 Å². The summed E-state index contributed by atoms with van der Waals surface area (Å²) in [6, 6.07) is 13.9. The fraction of sp³-hybridized carbons (Fsp3) is 0.250. The van der Waals surface area contributed by atoms with Crippen LogP contribution < -0.4 is 10.2 Å². The Bertz CT molecular complexity index is 934. The van der Waals surface area contributed by atoms with E-state index < -0.39 is 0 Å². The molecule has 1 saturated heterocycles. The van der Waals surface area contributed by atoms with E-state index >= 15 is 0 Å². The Morgan fingerprint density at radius 1 is 1.23 bits per heavy atom. The van der Waals surface area contributed by atoms with Crippen LogP contribution in [-0.4, -0.2) is 29.9 Å². The predicted molar refractivity (Wildman–Crippen MR) is 103 cm³/mol. The fourth-order valence-corrected chi connectivity index (χ4v) is 3.99. The zero-order valence-corrected chi connectivity index (χ0v) is 15.0. The van der Waals surface area contributed by atoms with Gasteiger partial charge in [0.15, 0.2) is 0 Å². The lowest BCUT2D eigenvalue weighted by molar-refractivity contribution is -0.126. The topological polar surface area (TPSA) is 62.3 Å². The first-order valence-corrected chi connectivity index (χ1v) is 9.54. The van der Waals surface area contributed by atoms with E-state index in [-0.39, 0.29) is 24.2 Å². The Morgan fingerprint density at radius 3 is 2.92 bits per heavy atom. The predicted octanol–water partition coefficient (Wildman–Crippen LogP) is 3.01. The normalized spacial score (nSPS) is 17.0. The molecule has 2 aromatic carbocycles. The first kappa shape index (κ1) is 16.7. The molecular weight excluding hydrogens is 346 g/mol. The second kappa shape index (κ2) is 7.25. The van der Waals surface area contributed by atoms with Gasteiger partial charge in [0, 0.05) is 42.9 Å². The monoisotopic (exact) mass is 365 g/mol. The van der Waals surface area contributed by atoms with Gasteiger partial charge < -0.3 is 10.2 Å². The number of rotatable bonds is 5. The molecule has 1 unspecified atom stereocenters. The molecule has 4 rings (SSSR count). The molecule has 5 nitrogen and oxygen atoms in total. The van der Waals surface area contributed by atoms with Crippen LogP contribution in [0.3, 0.4) is 0 Å². The molecule has 1 atom stereocenters. The van der Waals surface area contributed by atoms with Gasteiger partial charge in [-0.3, -0.25) is 9.59 Å². The maximum atomic E-state index is 12.5. The van der Waals surface area contributed by atoms with Gasteiger partial charge in [-0.25, -0.2) is 4.98 Å². The molecule has 1 fully saturated rings. The van der Waals surface area contributed by atoms with Gasteiger partial charge in [0.25, 0.3) is 0 Å². The summed E-state index contributed by atoms with van der Waals surface area (Å²) < 4.78 is 0. The summed E-state index contributed by atoms with van der Waals surface area (Å²) in [6.07, 6.45) is 2.74. The van der Waals surface area contributed by atoms with Crippen molar-refractivity contribution in [2.75, 3.05) is 18.0 Å². The summed E-state index contributed by atoms with van der Waals surface area (Å²) >= 11 is 1.58. The minimum absolute atomic E-state index is 0.00132. The number of nitrogens with zero attached hydrogens (tertiary/aromatic N) is 2. The van der Waals surface area contributed by atoms with E-state index in [4.69, 9.17) is 0 Å². The van der Waals surface area contributed by atoms with Gasteiger partial charge in [-0.1, -0.05) is 36.4 Å². The molecular formula is C20H19N3O2S. The molecule has 0 spiro atoms. The first-order chi connectivity index (χ1) is 12.7. The highest BCUT2D eigenvalue weighted by Gasteiger charge is 2.35. The molecule has 132 valence electrons. The van der Waals surface area contributed by atoms with E-state index in [1.54, 1.807) is 22.4 Å². The molecule has 2 heterocycles. The number of carbonyl (C=O) groups excluding carboxylic acids is 2. The Labute approximate surface area is 155 Å². The minimum atomic E-state index is -0.308. The molecule has 0 aliphatic carbocycles. The zero-order valence-electron chi connectivity index (χ0n) is 14.2. The number of carbonyl (C=O) groups is 2. The number of nitrogens with one attached hydrogen (secondary N) is 1. The maximum Gasteiger partial charge on any atom is 0.227 e. The van der Waals surface area contributed by atoms with Gasteiger partial charge in [-0.2, -0.15) is 0 Å². The molecule has 1 aliphatic heterocycles. The minimum Gasteiger partial charge on any atom is -0.355 e. The molecule has 1 aliphatic rings. The van der Waals surface area contributed by atoms with Crippen LogP contribution in [0.5, 0.6) is 0 Å². The van der Waals surface area contributed by atoms with Gasteiger partial charge in [-0.15, -0.1) is 11.3 Å². The lowest BCUT2D eigenvalue weighted by Crippen LogP contribution is -2.34. The second-order valence-corrected chi connectivity index (χ2v) is 7.35. The highest BCUT2D eigenvalue weighted by atomic mass is 32.1. The molecule has 2 amide bonds. The Morgan fingerprint density at radius 2 is 2.08 bits per heavy atom. The first-order valence-electron chi connectivity index (χ1n) is 8.66. The molecule has 0 bridgehead atoms. The summed E-state index contributed by atoms with van der Waals surface area (Å²) in [4.78, 5) is 30.9. The van der Waals surface area contributed by atoms with Crippen LogP contribution in [0.1, 0.15) is 11.4 Å². The highest BCUT2D eigenvalue weighted by molar-refractivity contribution is 7.09. The third-order valence-electron chi connectivity index (χ3n) is 4.67. The Balaban J connectivity index is 1.44. The van der Waals surface area contributed by atoms with Crippen LogP contribution in [0.25, 0.3) is 10.8 Å². The van der Waals surface area contributed by atoms with E-state index in [1.165, 1.54) is 0 Å². The van der Waals surface area contributed by atoms with Crippen molar-refractivity contribution >= 4 is 39.6 Å². The summed E-state index contributed by atoms with van der Waals surface area (Å²) in [7, 11) is 0. The van der Waals surface area contributed by atoms with Crippen molar-refractivity contribution in [3.8, 4) is 0 Å². The van der Waals surface area contributed by atoms with Gasteiger partial charge in [0.1, 0.15) is 0 Å². The van der Waals surface area contributed by atoms with E-state index in [1.807, 2.05) is 47.8 Å². The summed E-state index contributed by atoms with van der Waals surface area (Å²) in [5.74, 6) is -0.364. The summed E-state index contributed by atoms with van der Waals surface area (Å²) in [6.45, 7) is 0.973. The van der Waals surface area contributed by atoms with Crippen molar-refractivity contribution in [1.29, 1.82) is 0 Å².